The van der Waals surface area contributed by atoms with Gasteiger partial charge in [0.25, 0.3) is 0 Å². The minimum absolute atomic E-state index is 0.379. The zero-order valence-electron chi connectivity index (χ0n) is 11.2. The van der Waals surface area contributed by atoms with Gasteiger partial charge in [-0.05, 0) is 19.8 Å². The second kappa shape index (κ2) is 7.70. The summed E-state index contributed by atoms with van der Waals surface area (Å²) < 4.78 is 5.67. The van der Waals surface area contributed by atoms with Crippen LogP contribution in [0.15, 0.2) is 4.99 Å². The van der Waals surface area contributed by atoms with Gasteiger partial charge in [-0.25, -0.2) is 0 Å². The molecule has 2 nitrogen and oxygen atoms in total. The molecule has 0 aromatic rings. The van der Waals surface area contributed by atoms with E-state index in [0.717, 1.165) is 5.90 Å². The molecule has 16 heavy (non-hydrogen) atoms. The van der Waals surface area contributed by atoms with Crippen LogP contribution in [0, 0.1) is 5.92 Å². The monoisotopic (exact) mass is 225 g/mol. The number of nitrogens with zero attached hydrogens (tertiary/aromatic N) is 1. The lowest BCUT2D eigenvalue weighted by Gasteiger charge is -2.07. The van der Waals surface area contributed by atoms with Crippen LogP contribution in [0.3, 0.4) is 0 Å². The summed E-state index contributed by atoms with van der Waals surface area (Å²) >= 11 is 0. The van der Waals surface area contributed by atoms with Crippen LogP contribution in [0.4, 0.5) is 0 Å². The van der Waals surface area contributed by atoms with Gasteiger partial charge < -0.3 is 4.74 Å². The van der Waals surface area contributed by atoms with Crippen molar-refractivity contribution in [1.82, 2.24) is 0 Å². The van der Waals surface area contributed by atoms with Crippen LogP contribution in [0.5, 0.6) is 0 Å². The molecule has 0 radical (unpaired) electrons. The highest BCUT2D eigenvalue weighted by molar-refractivity contribution is 5.80. The SMILES string of the molecule is CCCCCCCCC1CC(C)OC1=NC. The first-order valence-electron chi connectivity index (χ1n) is 6.91. The summed E-state index contributed by atoms with van der Waals surface area (Å²) in [4.78, 5) is 4.24. The first-order valence-corrected chi connectivity index (χ1v) is 6.91. The molecule has 1 saturated heterocycles. The minimum Gasteiger partial charge on any atom is -0.478 e. The van der Waals surface area contributed by atoms with Crippen LogP contribution in [-0.2, 0) is 4.74 Å². The molecule has 0 bridgehead atoms. The Morgan fingerprint density at radius 3 is 2.56 bits per heavy atom. The molecule has 1 aliphatic heterocycles. The van der Waals surface area contributed by atoms with Gasteiger partial charge in [-0.3, -0.25) is 4.99 Å². The normalized spacial score (nSPS) is 27.3. The molecule has 2 atom stereocenters. The quantitative estimate of drug-likeness (QED) is 0.595. The zero-order chi connectivity index (χ0) is 11.8. The minimum atomic E-state index is 0.379. The van der Waals surface area contributed by atoms with E-state index in [4.69, 9.17) is 4.74 Å². The van der Waals surface area contributed by atoms with Gasteiger partial charge in [-0.15, -0.1) is 0 Å². The maximum Gasteiger partial charge on any atom is 0.186 e. The lowest BCUT2D eigenvalue weighted by atomic mass is 9.97. The zero-order valence-corrected chi connectivity index (χ0v) is 11.2. The third kappa shape index (κ3) is 4.54. The fourth-order valence-corrected chi connectivity index (χ4v) is 2.50. The first-order chi connectivity index (χ1) is 7.77. The van der Waals surface area contributed by atoms with Crippen molar-refractivity contribution in [2.45, 2.75) is 71.3 Å². The average molecular weight is 225 g/mol. The smallest absolute Gasteiger partial charge is 0.186 e. The van der Waals surface area contributed by atoms with E-state index in [1.165, 1.54) is 51.4 Å². The Labute approximate surface area is 100 Å². The molecular weight excluding hydrogens is 198 g/mol. The van der Waals surface area contributed by atoms with E-state index < -0.39 is 0 Å². The van der Waals surface area contributed by atoms with E-state index >= 15 is 0 Å². The number of rotatable bonds is 7. The van der Waals surface area contributed by atoms with Crippen molar-refractivity contribution in [3.05, 3.63) is 0 Å². The number of unbranched alkanes of at least 4 members (excludes halogenated alkanes) is 5. The van der Waals surface area contributed by atoms with Crippen LogP contribution >= 0.6 is 0 Å². The van der Waals surface area contributed by atoms with E-state index in [0.29, 0.717) is 12.0 Å². The van der Waals surface area contributed by atoms with E-state index in [2.05, 4.69) is 18.8 Å². The molecule has 0 aromatic heterocycles. The third-order valence-corrected chi connectivity index (χ3v) is 3.41. The van der Waals surface area contributed by atoms with Crippen LogP contribution < -0.4 is 0 Å². The van der Waals surface area contributed by atoms with Crippen molar-refractivity contribution in [3.63, 3.8) is 0 Å². The molecule has 1 heterocycles. The highest BCUT2D eigenvalue weighted by atomic mass is 16.5. The van der Waals surface area contributed by atoms with Crippen molar-refractivity contribution in [3.8, 4) is 0 Å². The van der Waals surface area contributed by atoms with Gasteiger partial charge in [0, 0.05) is 13.0 Å². The van der Waals surface area contributed by atoms with E-state index in [-0.39, 0.29) is 0 Å². The molecule has 2 unspecified atom stereocenters. The van der Waals surface area contributed by atoms with Crippen LogP contribution in [0.2, 0.25) is 0 Å². The Hall–Kier alpha value is -0.530. The van der Waals surface area contributed by atoms with E-state index in [1.54, 1.807) is 0 Å². The number of hydrogen-bond donors (Lipinski definition) is 0. The van der Waals surface area contributed by atoms with Crippen molar-refractivity contribution >= 4 is 5.90 Å². The average Bonchev–Trinajstić information content (AvgIpc) is 2.64. The number of ether oxygens (including phenoxy) is 1. The molecule has 0 aromatic carbocycles. The predicted molar refractivity (Wildman–Crippen MR) is 70.0 cm³/mol. The van der Waals surface area contributed by atoms with Gasteiger partial charge in [0.15, 0.2) is 5.90 Å². The first kappa shape index (κ1) is 13.5. The van der Waals surface area contributed by atoms with E-state index in [1.807, 2.05) is 7.05 Å². The second-order valence-electron chi connectivity index (χ2n) is 4.98. The van der Waals surface area contributed by atoms with Crippen LogP contribution in [0.25, 0.3) is 0 Å². The fourth-order valence-electron chi connectivity index (χ4n) is 2.50. The molecule has 0 aliphatic carbocycles. The van der Waals surface area contributed by atoms with Crippen molar-refractivity contribution < 1.29 is 4.74 Å². The van der Waals surface area contributed by atoms with Crippen LogP contribution in [-0.4, -0.2) is 19.0 Å². The molecule has 94 valence electrons. The van der Waals surface area contributed by atoms with Gasteiger partial charge in [0.1, 0.15) is 0 Å². The Kier molecular flexibility index (Phi) is 6.51. The summed E-state index contributed by atoms with van der Waals surface area (Å²) in [6.45, 7) is 4.41. The Bertz CT molecular complexity index is 213. The summed E-state index contributed by atoms with van der Waals surface area (Å²) in [6, 6.07) is 0. The molecular formula is C14H27NO. The maximum atomic E-state index is 5.67. The molecule has 0 spiro atoms. The summed E-state index contributed by atoms with van der Waals surface area (Å²) in [7, 11) is 1.85. The van der Waals surface area contributed by atoms with Gasteiger partial charge in [-0.2, -0.15) is 0 Å². The molecule has 1 aliphatic rings. The van der Waals surface area contributed by atoms with Gasteiger partial charge in [0.2, 0.25) is 0 Å². The predicted octanol–water partition coefficient (Wildman–Crippen LogP) is 4.19. The second-order valence-corrected chi connectivity index (χ2v) is 4.98. The fraction of sp³-hybridized carbons (Fsp3) is 0.929. The summed E-state index contributed by atoms with van der Waals surface area (Å²) in [5.41, 5.74) is 0. The Morgan fingerprint density at radius 1 is 1.19 bits per heavy atom. The molecule has 0 N–H and O–H groups in total. The highest BCUT2D eigenvalue weighted by Crippen LogP contribution is 2.26. The Morgan fingerprint density at radius 2 is 1.88 bits per heavy atom. The largest absolute Gasteiger partial charge is 0.478 e. The van der Waals surface area contributed by atoms with Gasteiger partial charge in [0.05, 0.1) is 6.10 Å². The lowest BCUT2D eigenvalue weighted by molar-refractivity contribution is 0.239. The van der Waals surface area contributed by atoms with Crippen LogP contribution in [0.1, 0.15) is 65.2 Å². The lowest BCUT2D eigenvalue weighted by Crippen LogP contribution is -2.08. The van der Waals surface area contributed by atoms with Crippen molar-refractivity contribution in [2.24, 2.45) is 10.9 Å². The highest BCUT2D eigenvalue weighted by Gasteiger charge is 2.28. The van der Waals surface area contributed by atoms with Crippen molar-refractivity contribution in [1.29, 1.82) is 0 Å². The number of aliphatic imine (C=N–C) groups is 1. The summed E-state index contributed by atoms with van der Waals surface area (Å²) in [6.07, 6.45) is 11.1. The van der Waals surface area contributed by atoms with Gasteiger partial charge >= 0.3 is 0 Å². The van der Waals surface area contributed by atoms with E-state index in [9.17, 15) is 0 Å². The molecule has 2 heteroatoms. The van der Waals surface area contributed by atoms with Crippen molar-refractivity contribution in [2.75, 3.05) is 7.05 Å². The summed E-state index contributed by atoms with van der Waals surface area (Å²) in [5, 5.41) is 0. The standard InChI is InChI=1S/C14H27NO/c1-4-5-6-7-8-9-10-13-11-12(2)16-14(13)15-3/h12-13H,4-11H2,1-3H3. The Balaban J connectivity index is 2.08. The molecule has 1 rings (SSSR count). The van der Waals surface area contributed by atoms with Gasteiger partial charge in [-0.1, -0.05) is 45.4 Å². The molecule has 0 amide bonds. The molecule has 0 saturated carbocycles. The summed E-state index contributed by atoms with van der Waals surface area (Å²) in [5.74, 6) is 1.60. The molecule has 1 fully saturated rings. The maximum absolute atomic E-state index is 5.67. The third-order valence-electron chi connectivity index (χ3n) is 3.41. The number of hydrogen-bond acceptors (Lipinski definition) is 2. The topological polar surface area (TPSA) is 21.6 Å².